The molecule has 1 fully saturated rings. The molecule has 1 aliphatic rings. The molecule has 3 rings (SSSR count). The lowest BCUT2D eigenvalue weighted by Gasteiger charge is -2.19. The van der Waals surface area contributed by atoms with Crippen molar-refractivity contribution in [2.24, 2.45) is 0 Å². The molecular formula is C34H51ClFNO4. The highest BCUT2D eigenvalue weighted by molar-refractivity contribution is 5.85. The standard InChI is InChI=1S/C34H50FNO4.ClH/c1-4-5-6-7-8-9-10-11-12-16-34(37)40-32-25-30(36(2)26-32)21-22-39-33-20-19-29(35)24-28(33)18-17-27-14-13-15-31(23-27)38-3;/h13-15,19-20,23-24,30,32H,4-12,16-18,21-22,25-26H2,1-3H3;1H. The van der Waals surface area contributed by atoms with Crippen molar-refractivity contribution in [1.82, 2.24) is 4.90 Å². The number of aryl methyl sites for hydroxylation is 2. The minimum absolute atomic E-state index is 0. The third-order valence-electron chi connectivity index (χ3n) is 7.98. The SMILES string of the molecule is CCCCCCCCCCCC(=O)OC1CC(CCOc2ccc(F)cc2CCc2cccc(OC)c2)N(C)C1.Cl. The Labute approximate surface area is 253 Å². The molecule has 5 nitrogen and oxygen atoms in total. The summed E-state index contributed by atoms with van der Waals surface area (Å²) in [5, 5.41) is 0. The number of likely N-dealkylation sites (tertiary alicyclic amines) is 1. The van der Waals surface area contributed by atoms with Crippen LogP contribution in [0.2, 0.25) is 0 Å². The number of ether oxygens (including phenoxy) is 3. The van der Waals surface area contributed by atoms with Gasteiger partial charge in [-0.25, -0.2) is 4.39 Å². The molecular weight excluding hydrogens is 541 g/mol. The largest absolute Gasteiger partial charge is 0.497 e. The lowest BCUT2D eigenvalue weighted by molar-refractivity contribution is -0.148. The van der Waals surface area contributed by atoms with E-state index in [-0.39, 0.29) is 30.3 Å². The summed E-state index contributed by atoms with van der Waals surface area (Å²) in [7, 11) is 3.74. The van der Waals surface area contributed by atoms with Crippen molar-refractivity contribution >= 4 is 18.4 Å². The first kappa shape index (κ1) is 34.9. The molecule has 230 valence electrons. The molecule has 41 heavy (non-hydrogen) atoms. The quantitative estimate of drug-likeness (QED) is 0.121. The number of likely N-dealkylation sites (N-methyl/N-ethyl adjacent to an activating group) is 1. The number of unbranched alkanes of at least 4 members (excludes halogenated alkanes) is 8. The van der Waals surface area contributed by atoms with Crippen LogP contribution in [0.4, 0.5) is 4.39 Å². The second-order valence-corrected chi connectivity index (χ2v) is 11.3. The first-order chi connectivity index (χ1) is 19.5. The Balaban J connectivity index is 0.00000588. The number of rotatable bonds is 19. The molecule has 0 bridgehead atoms. The number of nitrogens with zero attached hydrogens (tertiary/aromatic N) is 1. The summed E-state index contributed by atoms with van der Waals surface area (Å²) in [6.07, 6.45) is 14.7. The smallest absolute Gasteiger partial charge is 0.306 e. The normalized spacial score (nSPS) is 16.8. The molecule has 0 saturated carbocycles. The maximum Gasteiger partial charge on any atom is 0.306 e. The molecule has 0 N–H and O–H groups in total. The van der Waals surface area contributed by atoms with Crippen LogP contribution in [0.25, 0.3) is 0 Å². The van der Waals surface area contributed by atoms with Crippen LogP contribution in [0.5, 0.6) is 11.5 Å². The summed E-state index contributed by atoms with van der Waals surface area (Å²) < 4.78 is 31.3. The van der Waals surface area contributed by atoms with Crippen LogP contribution < -0.4 is 9.47 Å². The van der Waals surface area contributed by atoms with Crippen LogP contribution in [0.3, 0.4) is 0 Å². The average molecular weight is 592 g/mol. The lowest BCUT2D eigenvalue weighted by Crippen LogP contribution is -2.27. The molecule has 1 aliphatic heterocycles. The third-order valence-corrected chi connectivity index (χ3v) is 7.98. The zero-order valence-corrected chi connectivity index (χ0v) is 26.2. The van der Waals surface area contributed by atoms with Crippen LogP contribution >= 0.6 is 12.4 Å². The van der Waals surface area contributed by atoms with Gasteiger partial charge in [0.2, 0.25) is 0 Å². The van der Waals surface area contributed by atoms with Gasteiger partial charge >= 0.3 is 5.97 Å². The highest BCUT2D eigenvalue weighted by Crippen LogP contribution is 2.26. The van der Waals surface area contributed by atoms with Crippen LogP contribution in [0.15, 0.2) is 42.5 Å². The molecule has 0 aromatic heterocycles. The summed E-state index contributed by atoms with van der Waals surface area (Å²) in [6.45, 7) is 3.54. The highest BCUT2D eigenvalue weighted by Gasteiger charge is 2.31. The maximum atomic E-state index is 14.0. The summed E-state index contributed by atoms with van der Waals surface area (Å²) in [5.41, 5.74) is 2.01. The molecule has 0 radical (unpaired) electrons. The van der Waals surface area contributed by atoms with Crippen molar-refractivity contribution in [3.8, 4) is 11.5 Å². The number of esters is 1. The molecule has 0 amide bonds. The Bertz CT molecular complexity index is 1020. The minimum Gasteiger partial charge on any atom is -0.497 e. The van der Waals surface area contributed by atoms with Gasteiger partial charge in [0.05, 0.1) is 13.7 Å². The highest BCUT2D eigenvalue weighted by atomic mass is 35.5. The summed E-state index contributed by atoms with van der Waals surface area (Å²) in [6, 6.07) is 13.0. The van der Waals surface area contributed by atoms with Crippen LogP contribution in [-0.2, 0) is 22.4 Å². The van der Waals surface area contributed by atoms with E-state index in [0.29, 0.717) is 25.5 Å². The lowest BCUT2D eigenvalue weighted by atomic mass is 10.0. The summed E-state index contributed by atoms with van der Waals surface area (Å²) in [4.78, 5) is 14.6. The van der Waals surface area contributed by atoms with E-state index in [1.54, 1.807) is 19.2 Å². The molecule has 1 heterocycles. The number of halogens is 2. The van der Waals surface area contributed by atoms with Gasteiger partial charge < -0.3 is 14.2 Å². The Morgan fingerprint density at radius 1 is 0.976 bits per heavy atom. The van der Waals surface area contributed by atoms with Crippen molar-refractivity contribution < 1.29 is 23.4 Å². The molecule has 2 aromatic carbocycles. The van der Waals surface area contributed by atoms with Crippen LogP contribution in [0, 0.1) is 5.82 Å². The Morgan fingerprint density at radius 2 is 1.71 bits per heavy atom. The second kappa shape index (κ2) is 19.7. The molecule has 0 aliphatic carbocycles. The number of benzene rings is 2. The van der Waals surface area contributed by atoms with Crippen molar-refractivity contribution in [3.05, 3.63) is 59.4 Å². The first-order valence-corrected chi connectivity index (χ1v) is 15.4. The number of methoxy groups -OCH3 is 1. The zero-order valence-electron chi connectivity index (χ0n) is 25.4. The second-order valence-electron chi connectivity index (χ2n) is 11.3. The van der Waals surface area contributed by atoms with Crippen molar-refractivity contribution in [3.63, 3.8) is 0 Å². The Hall–Kier alpha value is -2.31. The maximum absolute atomic E-state index is 14.0. The van der Waals surface area contributed by atoms with E-state index in [0.717, 1.165) is 61.3 Å². The molecule has 2 aromatic rings. The van der Waals surface area contributed by atoms with E-state index in [1.165, 1.54) is 51.0 Å². The third kappa shape index (κ3) is 13.0. The molecule has 0 spiro atoms. The fourth-order valence-corrected chi connectivity index (χ4v) is 5.57. The van der Waals surface area contributed by atoms with E-state index in [2.05, 4.69) is 24.9 Å². The van der Waals surface area contributed by atoms with Crippen molar-refractivity contribution in [2.45, 2.75) is 109 Å². The number of hydrogen-bond donors (Lipinski definition) is 0. The fraction of sp³-hybridized carbons (Fsp3) is 0.618. The molecule has 2 atom stereocenters. The van der Waals surface area contributed by atoms with Crippen molar-refractivity contribution in [2.75, 3.05) is 27.3 Å². The van der Waals surface area contributed by atoms with Gasteiger partial charge in [-0.1, -0.05) is 70.4 Å². The molecule has 7 heteroatoms. The first-order valence-electron chi connectivity index (χ1n) is 15.4. The predicted molar refractivity (Wildman–Crippen MR) is 167 cm³/mol. The van der Waals surface area contributed by atoms with Gasteiger partial charge in [-0.3, -0.25) is 9.69 Å². The Morgan fingerprint density at radius 3 is 2.44 bits per heavy atom. The van der Waals surface area contributed by atoms with Gasteiger partial charge in [-0.15, -0.1) is 12.4 Å². The fourth-order valence-electron chi connectivity index (χ4n) is 5.57. The van der Waals surface area contributed by atoms with Crippen LogP contribution in [-0.4, -0.2) is 50.3 Å². The van der Waals surface area contributed by atoms with E-state index in [4.69, 9.17) is 14.2 Å². The van der Waals surface area contributed by atoms with Gasteiger partial charge in [-0.2, -0.15) is 0 Å². The van der Waals surface area contributed by atoms with E-state index >= 15 is 0 Å². The van der Waals surface area contributed by atoms with Crippen LogP contribution in [0.1, 0.15) is 95.1 Å². The topological polar surface area (TPSA) is 48.0 Å². The number of carbonyl (C=O) groups is 1. The minimum atomic E-state index is -0.254. The summed E-state index contributed by atoms with van der Waals surface area (Å²) >= 11 is 0. The average Bonchev–Trinajstić information content (AvgIpc) is 3.30. The summed E-state index contributed by atoms with van der Waals surface area (Å²) in [5.74, 6) is 1.23. The van der Waals surface area contributed by atoms with Gasteiger partial charge in [0.15, 0.2) is 0 Å². The predicted octanol–water partition coefficient (Wildman–Crippen LogP) is 8.35. The van der Waals surface area contributed by atoms with Gasteiger partial charge in [0.25, 0.3) is 0 Å². The zero-order chi connectivity index (χ0) is 28.6. The molecule has 2 unspecified atom stereocenters. The molecule has 1 saturated heterocycles. The Kier molecular flexibility index (Phi) is 16.8. The number of hydrogen-bond acceptors (Lipinski definition) is 5. The van der Waals surface area contributed by atoms with Crippen molar-refractivity contribution in [1.29, 1.82) is 0 Å². The monoisotopic (exact) mass is 591 g/mol. The van der Waals surface area contributed by atoms with Gasteiger partial charge in [0.1, 0.15) is 23.4 Å². The number of carbonyl (C=O) groups excluding carboxylic acids is 1. The van der Waals surface area contributed by atoms with E-state index in [9.17, 15) is 9.18 Å². The van der Waals surface area contributed by atoms with Gasteiger partial charge in [-0.05, 0) is 74.2 Å². The van der Waals surface area contributed by atoms with E-state index < -0.39 is 0 Å². The van der Waals surface area contributed by atoms with E-state index in [1.807, 2.05) is 18.2 Å². The van der Waals surface area contributed by atoms with Gasteiger partial charge in [0, 0.05) is 25.4 Å².